The van der Waals surface area contributed by atoms with Gasteiger partial charge < -0.3 is 4.90 Å². The number of halogens is 1. The molecule has 0 N–H and O–H groups in total. The van der Waals surface area contributed by atoms with Crippen molar-refractivity contribution in [2.75, 3.05) is 45.8 Å². The van der Waals surface area contributed by atoms with E-state index in [1.807, 2.05) is 12.1 Å². The van der Waals surface area contributed by atoms with Gasteiger partial charge in [0.25, 0.3) is 0 Å². The average Bonchev–Trinajstić information content (AvgIpc) is 3.25. The van der Waals surface area contributed by atoms with E-state index in [0.29, 0.717) is 5.91 Å². The van der Waals surface area contributed by atoms with E-state index in [4.69, 9.17) is 4.98 Å². The van der Waals surface area contributed by atoms with E-state index in [9.17, 15) is 4.79 Å². The van der Waals surface area contributed by atoms with E-state index < -0.39 is 0 Å². The molecule has 0 spiro atoms. The summed E-state index contributed by atoms with van der Waals surface area (Å²) in [6.45, 7) is 9.74. The summed E-state index contributed by atoms with van der Waals surface area (Å²) in [5, 5.41) is 0. The number of hydrogen-bond acceptors (Lipinski definition) is 4. The summed E-state index contributed by atoms with van der Waals surface area (Å²) in [5.41, 5.74) is 3.23. The molecule has 1 amide bonds. The molecule has 0 saturated carbocycles. The molecule has 2 aliphatic rings. The summed E-state index contributed by atoms with van der Waals surface area (Å²) >= 11 is 3.62. The van der Waals surface area contributed by atoms with Gasteiger partial charge in [-0.25, -0.2) is 4.98 Å². The number of piperidine rings is 1. The van der Waals surface area contributed by atoms with Crippen molar-refractivity contribution in [3.63, 3.8) is 0 Å². The smallest absolute Gasteiger partial charge is 0.227 e. The van der Waals surface area contributed by atoms with Crippen LogP contribution in [0.15, 0.2) is 53.0 Å². The standard InChI is InChI=1S/C28H36BrN5O/c1-2-3-13-31-15-17-33(18-16-31)28(35)22-8-7-14-32(20-22)21-27-30-25-11-4-5-12-26(25)34(27)24-10-6-9-23(29)19-24/h4-6,9-12,19,22H,2-3,7-8,13-18,20-21H2,1H3/t22-/m1/s1. The Balaban J connectivity index is 1.29. The molecule has 35 heavy (non-hydrogen) atoms. The lowest BCUT2D eigenvalue weighted by Gasteiger charge is -2.39. The van der Waals surface area contributed by atoms with Crippen molar-refractivity contribution < 1.29 is 4.79 Å². The normalized spacial score (nSPS) is 19.9. The third kappa shape index (κ3) is 5.63. The number of rotatable bonds is 7. The fourth-order valence-corrected chi connectivity index (χ4v) is 5.90. The molecular formula is C28H36BrN5O. The van der Waals surface area contributed by atoms with Gasteiger partial charge in [-0.3, -0.25) is 19.2 Å². The number of fused-ring (bicyclic) bond motifs is 1. The third-order valence-corrected chi connectivity index (χ3v) is 7.92. The third-order valence-electron chi connectivity index (χ3n) is 7.43. The van der Waals surface area contributed by atoms with Crippen LogP contribution in [0.2, 0.25) is 0 Å². The molecule has 0 unspecified atom stereocenters. The number of carbonyl (C=O) groups is 1. The monoisotopic (exact) mass is 537 g/mol. The predicted octanol–water partition coefficient (Wildman–Crippen LogP) is 4.94. The van der Waals surface area contributed by atoms with Crippen LogP contribution in [-0.2, 0) is 11.3 Å². The Morgan fingerprint density at radius 1 is 1.03 bits per heavy atom. The van der Waals surface area contributed by atoms with Crippen molar-refractivity contribution in [3.8, 4) is 5.69 Å². The fourth-order valence-electron chi connectivity index (χ4n) is 5.52. The van der Waals surface area contributed by atoms with Crippen molar-refractivity contribution in [2.45, 2.75) is 39.2 Å². The molecule has 2 aliphatic heterocycles. The molecule has 0 bridgehead atoms. The van der Waals surface area contributed by atoms with Gasteiger partial charge in [0.1, 0.15) is 5.82 Å². The molecule has 3 heterocycles. The molecule has 2 aromatic carbocycles. The van der Waals surface area contributed by atoms with Crippen molar-refractivity contribution in [1.82, 2.24) is 24.3 Å². The van der Waals surface area contributed by atoms with Gasteiger partial charge in [-0.2, -0.15) is 0 Å². The highest BCUT2D eigenvalue weighted by Crippen LogP contribution is 2.27. The molecule has 0 aliphatic carbocycles. The number of carbonyl (C=O) groups excluding carboxylic acids is 1. The first-order valence-corrected chi connectivity index (χ1v) is 13.9. The lowest BCUT2D eigenvalue weighted by Crippen LogP contribution is -2.52. The Morgan fingerprint density at radius 2 is 1.86 bits per heavy atom. The maximum Gasteiger partial charge on any atom is 0.227 e. The van der Waals surface area contributed by atoms with Crippen LogP contribution >= 0.6 is 15.9 Å². The number of benzene rings is 2. The minimum Gasteiger partial charge on any atom is -0.340 e. The second kappa shape index (κ2) is 11.2. The highest BCUT2D eigenvalue weighted by atomic mass is 79.9. The minimum absolute atomic E-state index is 0.0923. The quantitative estimate of drug-likeness (QED) is 0.428. The van der Waals surface area contributed by atoms with Crippen molar-refractivity contribution in [3.05, 3.63) is 58.8 Å². The van der Waals surface area contributed by atoms with E-state index >= 15 is 0 Å². The first kappa shape index (κ1) is 24.5. The van der Waals surface area contributed by atoms with Gasteiger partial charge in [-0.15, -0.1) is 0 Å². The molecule has 2 saturated heterocycles. The summed E-state index contributed by atoms with van der Waals surface area (Å²) in [7, 11) is 0. The Labute approximate surface area is 217 Å². The van der Waals surface area contributed by atoms with Crippen LogP contribution in [0.25, 0.3) is 16.7 Å². The van der Waals surface area contributed by atoms with Crippen LogP contribution in [0, 0.1) is 5.92 Å². The Kier molecular flexibility index (Phi) is 7.85. The molecule has 186 valence electrons. The summed E-state index contributed by atoms with van der Waals surface area (Å²) in [6, 6.07) is 16.7. The second-order valence-corrected chi connectivity index (χ2v) is 10.8. The highest BCUT2D eigenvalue weighted by molar-refractivity contribution is 9.10. The van der Waals surface area contributed by atoms with Crippen LogP contribution < -0.4 is 0 Å². The molecule has 5 rings (SSSR count). The number of aromatic nitrogens is 2. The van der Waals surface area contributed by atoms with E-state index in [1.165, 1.54) is 12.8 Å². The number of unbranched alkanes of at least 4 members (excludes halogenated alkanes) is 1. The van der Waals surface area contributed by atoms with Crippen LogP contribution in [0.5, 0.6) is 0 Å². The fraction of sp³-hybridized carbons (Fsp3) is 0.500. The number of imidazole rings is 1. The van der Waals surface area contributed by atoms with Crippen molar-refractivity contribution >= 4 is 32.9 Å². The van der Waals surface area contributed by atoms with Crippen LogP contribution in [0.1, 0.15) is 38.4 Å². The molecule has 3 aromatic rings. The molecule has 2 fully saturated rings. The highest BCUT2D eigenvalue weighted by Gasteiger charge is 2.31. The van der Waals surface area contributed by atoms with Crippen molar-refractivity contribution in [1.29, 1.82) is 0 Å². The van der Waals surface area contributed by atoms with E-state index in [-0.39, 0.29) is 5.92 Å². The van der Waals surface area contributed by atoms with Gasteiger partial charge in [-0.05, 0) is 62.7 Å². The van der Waals surface area contributed by atoms with Gasteiger partial charge >= 0.3 is 0 Å². The summed E-state index contributed by atoms with van der Waals surface area (Å²) in [5.74, 6) is 1.47. The lowest BCUT2D eigenvalue weighted by atomic mass is 9.96. The number of piperazine rings is 1. The van der Waals surface area contributed by atoms with Gasteiger partial charge in [0.05, 0.1) is 23.5 Å². The van der Waals surface area contributed by atoms with Gasteiger partial charge in [0.2, 0.25) is 5.91 Å². The maximum absolute atomic E-state index is 13.4. The van der Waals surface area contributed by atoms with E-state index in [0.717, 1.165) is 92.2 Å². The van der Waals surface area contributed by atoms with E-state index in [1.54, 1.807) is 0 Å². The molecule has 7 heteroatoms. The van der Waals surface area contributed by atoms with Gasteiger partial charge in [0.15, 0.2) is 0 Å². The summed E-state index contributed by atoms with van der Waals surface area (Å²) < 4.78 is 3.32. The number of likely N-dealkylation sites (tertiary alicyclic amines) is 1. The molecule has 1 aromatic heterocycles. The summed E-state index contributed by atoms with van der Waals surface area (Å²) in [6.07, 6.45) is 4.53. The largest absolute Gasteiger partial charge is 0.340 e. The summed E-state index contributed by atoms with van der Waals surface area (Å²) in [4.78, 5) is 25.5. The van der Waals surface area contributed by atoms with Crippen LogP contribution in [0.3, 0.4) is 0 Å². The zero-order chi connectivity index (χ0) is 24.2. The van der Waals surface area contributed by atoms with E-state index in [2.05, 4.69) is 78.5 Å². The van der Waals surface area contributed by atoms with Crippen LogP contribution in [-0.4, -0.2) is 76.0 Å². The molecule has 1 atom stereocenters. The molecule has 6 nitrogen and oxygen atoms in total. The van der Waals surface area contributed by atoms with Crippen molar-refractivity contribution in [2.24, 2.45) is 5.92 Å². The number of para-hydroxylation sites is 2. The second-order valence-electron chi connectivity index (χ2n) is 9.93. The SMILES string of the molecule is CCCCN1CCN(C(=O)[C@@H]2CCCN(Cc3nc4ccccc4n3-c3cccc(Br)c3)C2)CC1. The number of nitrogens with zero attached hydrogens (tertiary/aromatic N) is 5. The maximum atomic E-state index is 13.4. The minimum atomic E-state index is 0.0923. The number of amides is 1. The Bertz CT molecular complexity index is 1150. The van der Waals surface area contributed by atoms with Gasteiger partial charge in [0, 0.05) is 42.9 Å². The first-order chi connectivity index (χ1) is 17.1. The Hall–Kier alpha value is -2.22. The number of hydrogen-bond donors (Lipinski definition) is 0. The average molecular weight is 539 g/mol. The first-order valence-electron chi connectivity index (χ1n) is 13.1. The Morgan fingerprint density at radius 3 is 2.66 bits per heavy atom. The lowest BCUT2D eigenvalue weighted by molar-refractivity contribution is -0.139. The molecular weight excluding hydrogens is 502 g/mol. The molecule has 0 radical (unpaired) electrons. The van der Waals surface area contributed by atoms with Crippen LogP contribution in [0.4, 0.5) is 0 Å². The topological polar surface area (TPSA) is 44.6 Å². The predicted molar refractivity (Wildman–Crippen MR) is 145 cm³/mol. The zero-order valence-corrected chi connectivity index (χ0v) is 22.3. The van der Waals surface area contributed by atoms with Gasteiger partial charge in [-0.1, -0.05) is 47.5 Å². The zero-order valence-electron chi connectivity index (χ0n) is 20.7.